The highest BCUT2D eigenvalue weighted by Crippen LogP contribution is 2.22. The van der Waals surface area contributed by atoms with Crippen molar-refractivity contribution in [1.82, 2.24) is 9.78 Å². The number of hydrogen-bond acceptors (Lipinski definition) is 5. The third-order valence-electron chi connectivity index (χ3n) is 4.85. The summed E-state index contributed by atoms with van der Waals surface area (Å²) in [5.74, 6) is -0.542. The van der Waals surface area contributed by atoms with E-state index in [4.69, 9.17) is 9.47 Å². The van der Waals surface area contributed by atoms with Crippen LogP contribution in [-0.2, 0) is 16.0 Å². The normalized spacial score (nSPS) is 10.7. The number of halogens is 1. The largest absolute Gasteiger partial charge is 0.497 e. The van der Waals surface area contributed by atoms with Crippen LogP contribution in [0.3, 0.4) is 0 Å². The number of carbonyl (C=O) groups is 2. The summed E-state index contributed by atoms with van der Waals surface area (Å²) in [6.07, 6.45) is 0.577. The van der Waals surface area contributed by atoms with Gasteiger partial charge in [-0.3, -0.25) is 9.59 Å². The summed E-state index contributed by atoms with van der Waals surface area (Å²) in [7, 11) is 1.61. The molecule has 0 saturated carbocycles. The highest BCUT2D eigenvalue weighted by molar-refractivity contribution is 5.97. The number of Topliss-reactive ketones (excluding diaryl/α,β-unsaturated/α-hetero) is 1. The van der Waals surface area contributed by atoms with Crippen molar-refractivity contribution in [3.63, 3.8) is 0 Å². The molecule has 0 bridgehead atoms. The van der Waals surface area contributed by atoms with Gasteiger partial charge in [0, 0.05) is 23.7 Å². The van der Waals surface area contributed by atoms with Crippen molar-refractivity contribution in [3.8, 4) is 11.4 Å². The second-order valence-electron chi connectivity index (χ2n) is 6.85. The highest BCUT2D eigenvalue weighted by Gasteiger charge is 2.16. The molecule has 1 aromatic heterocycles. The summed E-state index contributed by atoms with van der Waals surface area (Å²) in [6, 6.07) is 12.7. The van der Waals surface area contributed by atoms with Gasteiger partial charge in [-0.15, -0.1) is 0 Å². The Morgan fingerprint density at radius 1 is 1.10 bits per heavy atom. The third-order valence-corrected chi connectivity index (χ3v) is 4.85. The van der Waals surface area contributed by atoms with E-state index in [1.165, 1.54) is 24.3 Å². The Hall–Kier alpha value is -3.48. The summed E-state index contributed by atoms with van der Waals surface area (Å²) in [4.78, 5) is 24.1. The van der Waals surface area contributed by atoms with Gasteiger partial charge in [-0.25, -0.2) is 9.07 Å². The predicted molar refractivity (Wildman–Crippen MR) is 110 cm³/mol. The lowest BCUT2D eigenvalue weighted by atomic mass is 10.1. The number of nitrogens with zero attached hydrogens (tertiary/aromatic N) is 2. The van der Waals surface area contributed by atoms with Crippen molar-refractivity contribution in [3.05, 3.63) is 76.9 Å². The number of ketones is 1. The van der Waals surface area contributed by atoms with Crippen molar-refractivity contribution < 1.29 is 23.5 Å². The van der Waals surface area contributed by atoms with Crippen LogP contribution in [0.15, 0.2) is 48.5 Å². The van der Waals surface area contributed by atoms with Crippen LogP contribution in [-0.4, -0.2) is 35.2 Å². The van der Waals surface area contributed by atoms with Gasteiger partial charge in [0.15, 0.2) is 12.4 Å². The Balaban J connectivity index is 1.60. The molecule has 0 aliphatic heterocycles. The first-order chi connectivity index (χ1) is 14.4. The molecule has 0 fully saturated rings. The molecule has 0 radical (unpaired) electrons. The zero-order valence-electron chi connectivity index (χ0n) is 17.1. The van der Waals surface area contributed by atoms with Gasteiger partial charge in [0.2, 0.25) is 0 Å². The molecule has 0 unspecified atom stereocenters. The van der Waals surface area contributed by atoms with Crippen LogP contribution in [0.25, 0.3) is 5.69 Å². The van der Waals surface area contributed by atoms with Crippen molar-refractivity contribution in [2.24, 2.45) is 0 Å². The molecule has 0 amide bonds. The Bertz CT molecular complexity index is 1060. The zero-order chi connectivity index (χ0) is 21.7. The first kappa shape index (κ1) is 21.2. The minimum atomic E-state index is -0.474. The molecule has 0 aliphatic carbocycles. The number of methoxy groups -OCH3 is 1. The second kappa shape index (κ2) is 9.35. The Morgan fingerprint density at radius 2 is 1.83 bits per heavy atom. The molecule has 3 aromatic rings. The summed E-state index contributed by atoms with van der Waals surface area (Å²) in [5, 5.41) is 4.58. The molecule has 0 atom stereocenters. The average molecular weight is 410 g/mol. The average Bonchev–Trinajstić information content (AvgIpc) is 3.04. The fourth-order valence-electron chi connectivity index (χ4n) is 3.19. The Labute approximate surface area is 174 Å². The van der Waals surface area contributed by atoms with E-state index in [0.29, 0.717) is 12.0 Å². The first-order valence-corrected chi connectivity index (χ1v) is 9.53. The van der Waals surface area contributed by atoms with Gasteiger partial charge in [0.1, 0.15) is 11.6 Å². The van der Waals surface area contributed by atoms with Gasteiger partial charge < -0.3 is 9.47 Å². The number of aryl methyl sites for hydroxylation is 1. The van der Waals surface area contributed by atoms with Crippen LogP contribution in [0.1, 0.15) is 33.7 Å². The van der Waals surface area contributed by atoms with Crippen LogP contribution in [0, 0.1) is 19.7 Å². The lowest BCUT2D eigenvalue weighted by Crippen LogP contribution is -2.14. The van der Waals surface area contributed by atoms with E-state index in [-0.39, 0.29) is 18.8 Å². The topological polar surface area (TPSA) is 70.4 Å². The molecule has 1 heterocycles. The lowest BCUT2D eigenvalue weighted by molar-refractivity contribution is -0.142. The molecule has 0 N–H and O–H groups in total. The Morgan fingerprint density at radius 3 is 2.53 bits per heavy atom. The van der Waals surface area contributed by atoms with Crippen molar-refractivity contribution >= 4 is 11.8 Å². The summed E-state index contributed by atoms with van der Waals surface area (Å²) in [6.45, 7) is 3.46. The molecule has 3 rings (SSSR count). The first-order valence-electron chi connectivity index (χ1n) is 9.53. The molecule has 30 heavy (non-hydrogen) atoms. The van der Waals surface area contributed by atoms with Crippen molar-refractivity contribution in [1.29, 1.82) is 0 Å². The maximum Gasteiger partial charge on any atom is 0.306 e. The van der Waals surface area contributed by atoms with E-state index < -0.39 is 11.8 Å². The third kappa shape index (κ3) is 4.92. The number of benzene rings is 2. The van der Waals surface area contributed by atoms with Crippen molar-refractivity contribution in [2.45, 2.75) is 26.7 Å². The van der Waals surface area contributed by atoms with Crippen LogP contribution in [0.4, 0.5) is 4.39 Å². The minimum absolute atomic E-state index is 0.127. The number of esters is 1. The molecule has 7 heteroatoms. The smallest absolute Gasteiger partial charge is 0.306 e. The minimum Gasteiger partial charge on any atom is -0.497 e. The number of ether oxygens (including phenoxy) is 2. The van der Waals surface area contributed by atoms with Gasteiger partial charge >= 0.3 is 5.97 Å². The molecule has 0 aliphatic rings. The van der Waals surface area contributed by atoms with E-state index in [1.807, 2.05) is 42.8 Å². The van der Waals surface area contributed by atoms with E-state index in [1.54, 1.807) is 7.11 Å². The Kier molecular flexibility index (Phi) is 6.61. The standard InChI is InChI=1S/C23H23FN2O4/c1-15-21(16(2)26(25-15)19-5-4-6-20(13-19)29-3)11-12-23(28)30-14-22(27)17-7-9-18(24)10-8-17/h4-10,13H,11-12,14H2,1-3H3. The van der Waals surface area contributed by atoms with Gasteiger partial charge in [0.05, 0.1) is 18.5 Å². The molecule has 0 spiro atoms. The molecule has 0 saturated heterocycles. The van der Waals surface area contributed by atoms with E-state index in [0.717, 1.165) is 28.4 Å². The number of carbonyl (C=O) groups excluding carboxylic acids is 2. The van der Waals surface area contributed by atoms with E-state index in [2.05, 4.69) is 5.10 Å². The second-order valence-corrected chi connectivity index (χ2v) is 6.85. The van der Waals surface area contributed by atoms with Crippen LogP contribution >= 0.6 is 0 Å². The highest BCUT2D eigenvalue weighted by atomic mass is 19.1. The van der Waals surface area contributed by atoms with Gasteiger partial charge in [0.25, 0.3) is 0 Å². The van der Waals surface area contributed by atoms with Crippen LogP contribution in [0.5, 0.6) is 5.75 Å². The van der Waals surface area contributed by atoms with E-state index in [9.17, 15) is 14.0 Å². The molecule has 156 valence electrons. The summed E-state index contributed by atoms with van der Waals surface area (Å²) >= 11 is 0. The van der Waals surface area contributed by atoms with Gasteiger partial charge in [-0.2, -0.15) is 5.10 Å². The molecular formula is C23H23FN2O4. The molecule has 6 nitrogen and oxygen atoms in total. The van der Waals surface area contributed by atoms with Gasteiger partial charge in [-0.05, 0) is 62.2 Å². The zero-order valence-corrected chi connectivity index (χ0v) is 17.1. The van der Waals surface area contributed by atoms with Crippen LogP contribution in [0.2, 0.25) is 0 Å². The van der Waals surface area contributed by atoms with Crippen molar-refractivity contribution in [2.75, 3.05) is 13.7 Å². The number of rotatable bonds is 8. The maximum atomic E-state index is 12.9. The summed E-state index contributed by atoms with van der Waals surface area (Å²) < 4.78 is 25.1. The van der Waals surface area contributed by atoms with Crippen LogP contribution < -0.4 is 4.74 Å². The fourth-order valence-corrected chi connectivity index (χ4v) is 3.19. The van der Waals surface area contributed by atoms with E-state index >= 15 is 0 Å². The fraction of sp³-hybridized carbons (Fsp3) is 0.261. The maximum absolute atomic E-state index is 12.9. The number of aromatic nitrogens is 2. The quantitative estimate of drug-likeness (QED) is 0.415. The summed E-state index contributed by atoms with van der Waals surface area (Å²) in [5.41, 5.74) is 3.88. The molecule has 2 aromatic carbocycles. The number of hydrogen-bond donors (Lipinski definition) is 0. The van der Waals surface area contributed by atoms with Gasteiger partial charge in [-0.1, -0.05) is 6.07 Å². The predicted octanol–water partition coefficient (Wildman–Crippen LogP) is 4.00. The SMILES string of the molecule is COc1cccc(-n2nc(C)c(CCC(=O)OCC(=O)c3ccc(F)cc3)c2C)c1. The molecular weight excluding hydrogens is 387 g/mol. The monoisotopic (exact) mass is 410 g/mol. The lowest BCUT2D eigenvalue weighted by Gasteiger charge is -2.08.